The molecule has 7 nitrogen and oxygen atoms in total. The SMILES string of the molecule is CCCCn1c(SCC(=O)N(C)CC(=O)Nc2c(C)cccc2C)nc2ccccc2c1=O. The Morgan fingerprint density at radius 3 is 2.48 bits per heavy atom. The van der Waals surface area contributed by atoms with Gasteiger partial charge in [-0.3, -0.25) is 19.0 Å². The smallest absolute Gasteiger partial charge is 0.262 e. The molecule has 33 heavy (non-hydrogen) atoms. The van der Waals surface area contributed by atoms with Crippen molar-refractivity contribution in [1.82, 2.24) is 14.5 Å². The van der Waals surface area contributed by atoms with Gasteiger partial charge in [-0.1, -0.05) is 55.4 Å². The van der Waals surface area contributed by atoms with Crippen LogP contribution in [0.15, 0.2) is 52.4 Å². The molecule has 2 amide bonds. The Balaban J connectivity index is 1.68. The summed E-state index contributed by atoms with van der Waals surface area (Å²) in [6.07, 6.45) is 1.79. The topological polar surface area (TPSA) is 84.3 Å². The zero-order chi connectivity index (χ0) is 24.0. The number of thioether (sulfide) groups is 1. The van der Waals surface area contributed by atoms with Gasteiger partial charge in [0.15, 0.2) is 5.16 Å². The van der Waals surface area contributed by atoms with E-state index in [2.05, 4.69) is 17.2 Å². The summed E-state index contributed by atoms with van der Waals surface area (Å²) in [5.41, 5.74) is 3.25. The fourth-order valence-electron chi connectivity index (χ4n) is 3.50. The number of amides is 2. The summed E-state index contributed by atoms with van der Waals surface area (Å²) in [5.74, 6) is -0.373. The van der Waals surface area contributed by atoms with E-state index in [9.17, 15) is 14.4 Å². The summed E-state index contributed by atoms with van der Waals surface area (Å²) in [6, 6.07) is 13.0. The van der Waals surface area contributed by atoms with Crippen molar-refractivity contribution in [2.45, 2.75) is 45.3 Å². The van der Waals surface area contributed by atoms with Gasteiger partial charge < -0.3 is 10.2 Å². The van der Waals surface area contributed by atoms with Gasteiger partial charge in [-0.15, -0.1) is 0 Å². The minimum atomic E-state index is -0.253. The normalized spacial score (nSPS) is 10.9. The van der Waals surface area contributed by atoms with Crippen LogP contribution in [0.3, 0.4) is 0 Å². The van der Waals surface area contributed by atoms with Crippen LogP contribution in [0.25, 0.3) is 10.9 Å². The van der Waals surface area contributed by atoms with Gasteiger partial charge in [0.2, 0.25) is 11.8 Å². The number of aryl methyl sites for hydroxylation is 2. The number of likely N-dealkylation sites (N-methyl/N-ethyl adjacent to an activating group) is 1. The molecular formula is C25H30N4O3S. The molecule has 3 rings (SSSR count). The summed E-state index contributed by atoms with van der Waals surface area (Å²) in [7, 11) is 1.60. The van der Waals surface area contributed by atoms with Gasteiger partial charge >= 0.3 is 0 Å². The van der Waals surface area contributed by atoms with E-state index >= 15 is 0 Å². The summed E-state index contributed by atoms with van der Waals surface area (Å²) in [5, 5.41) is 4.00. The standard InChI is InChI=1S/C25H30N4O3S/c1-5-6-14-29-24(32)19-12-7-8-13-20(19)26-25(29)33-16-22(31)28(4)15-21(30)27-23-17(2)10-9-11-18(23)3/h7-13H,5-6,14-16H2,1-4H3,(H,27,30). The second-order valence-corrected chi connectivity index (χ2v) is 9.02. The van der Waals surface area contributed by atoms with Crippen molar-refractivity contribution in [2.75, 3.05) is 24.7 Å². The van der Waals surface area contributed by atoms with E-state index in [4.69, 9.17) is 0 Å². The van der Waals surface area contributed by atoms with Crippen LogP contribution in [0.5, 0.6) is 0 Å². The molecule has 2 aromatic carbocycles. The van der Waals surface area contributed by atoms with Gasteiger partial charge in [0.05, 0.1) is 23.2 Å². The van der Waals surface area contributed by atoms with Gasteiger partial charge in [-0.2, -0.15) is 0 Å². The number of hydrogen-bond donors (Lipinski definition) is 1. The number of aromatic nitrogens is 2. The third-order valence-corrected chi connectivity index (χ3v) is 6.40. The molecular weight excluding hydrogens is 436 g/mol. The zero-order valence-corrected chi connectivity index (χ0v) is 20.4. The molecule has 0 spiro atoms. The highest BCUT2D eigenvalue weighted by atomic mass is 32.2. The lowest BCUT2D eigenvalue weighted by molar-refractivity contribution is -0.131. The van der Waals surface area contributed by atoms with Crippen LogP contribution in [-0.4, -0.2) is 45.6 Å². The Bertz CT molecular complexity index is 1200. The van der Waals surface area contributed by atoms with E-state index in [0.29, 0.717) is 22.6 Å². The lowest BCUT2D eigenvalue weighted by Crippen LogP contribution is -2.36. The van der Waals surface area contributed by atoms with E-state index < -0.39 is 0 Å². The molecule has 1 heterocycles. The molecule has 0 aliphatic carbocycles. The average Bonchev–Trinajstić information content (AvgIpc) is 2.79. The van der Waals surface area contributed by atoms with Gasteiger partial charge in [0.1, 0.15) is 0 Å². The van der Waals surface area contributed by atoms with Gasteiger partial charge in [0.25, 0.3) is 5.56 Å². The second-order valence-electron chi connectivity index (χ2n) is 8.08. The predicted octanol–water partition coefficient (Wildman–Crippen LogP) is 4.00. The third-order valence-electron chi connectivity index (χ3n) is 5.44. The molecule has 0 atom stereocenters. The van der Waals surface area contributed by atoms with E-state index in [1.807, 2.05) is 44.2 Å². The molecule has 0 aliphatic heterocycles. The predicted molar refractivity (Wildman–Crippen MR) is 134 cm³/mol. The van der Waals surface area contributed by atoms with Crippen LogP contribution in [0.4, 0.5) is 5.69 Å². The monoisotopic (exact) mass is 466 g/mol. The highest BCUT2D eigenvalue weighted by Gasteiger charge is 2.17. The minimum absolute atomic E-state index is 0.0546. The summed E-state index contributed by atoms with van der Waals surface area (Å²) >= 11 is 1.23. The molecule has 0 fully saturated rings. The number of carbonyl (C=O) groups excluding carboxylic acids is 2. The highest BCUT2D eigenvalue weighted by molar-refractivity contribution is 7.99. The molecule has 0 radical (unpaired) electrons. The number of fused-ring (bicyclic) bond motifs is 1. The van der Waals surface area contributed by atoms with E-state index in [1.54, 1.807) is 23.7 Å². The molecule has 8 heteroatoms. The van der Waals surface area contributed by atoms with Crippen molar-refractivity contribution in [3.8, 4) is 0 Å². The maximum Gasteiger partial charge on any atom is 0.262 e. The zero-order valence-electron chi connectivity index (χ0n) is 19.6. The number of hydrogen-bond acceptors (Lipinski definition) is 5. The molecule has 3 aromatic rings. The van der Waals surface area contributed by atoms with Crippen molar-refractivity contribution < 1.29 is 9.59 Å². The Morgan fingerprint density at radius 1 is 1.09 bits per heavy atom. The van der Waals surface area contributed by atoms with Crippen molar-refractivity contribution in [2.24, 2.45) is 0 Å². The maximum absolute atomic E-state index is 13.0. The molecule has 0 saturated carbocycles. The molecule has 0 aliphatic rings. The van der Waals surface area contributed by atoms with Gasteiger partial charge in [0, 0.05) is 19.3 Å². The molecule has 0 saturated heterocycles. The summed E-state index contributed by atoms with van der Waals surface area (Å²) in [4.78, 5) is 44.2. The molecule has 0 unspecified atom stereocenters. The fraction of sp³-hybridized carbons (Fsp3) is 0.360. The first-order valence-electron chi connectivity index (χ1n) is 11.0. The van der Waals surface area contributed by atoms with E-state index in [-0.39, 0.29) is 29.7 Å². The first-order chi connectivity index (χ1) is 15.8. The number of rotatable bonds is 9. The molecule has 174 valence electrons. The highest BCUT2D eigenvalue weighted by Crippen LogP contribution is 2.20. The molecule has 1 N–H and O–H groups in total. The van der Waals surface area contributed by atoms with Gasteiger partial charge in [-0.05, 0) is 43.5 Å². The average molecular weight is 467 g/mol. The van der Waals surface area contributed by atoms with Crippen LogP contribution in [0, 0.1) is 13.8 Å². The molecule has 1 aromatic heterocycles. The van der Waals surface area contributed by atoms with Gasteiger partial charge in [-0.25, -0.2) is 4.98 Å². The lowest BCUT2D eigenvalue weighted by Gasteiger charge is -2.18. The minimum Gasteiger partial charge on any atom is -0.336 e. The first-order valence-corrected chi connectivity index (χ1v) is 12.0. The Kier molecular flexibility index (Phi) is 8.27. The molecule has 0 bridgehead atoms. The van der Waals surface area contributed by atoms with Crippen LogP contribution in [0.1, 0.15) is 30.9 Å². The number of anilines is 1. The number of unbranched alkanes of at least 4 members (excludes halogenated alkanes) is 1. The summed E-state index contributed by atoms with van der Waals surface area (Å²) < 4.78 is 1.65. The van der Waals surface area contributed by atoms with Crippen molar-refractivity contribution in [3.63, 3.8) is 0 Å². The quantitative estimate of drug-likeness (QED) is 0.381. The van der Waals surface area contributed by atoms with Crippen LogP contribution in [0.2, 0.25) is 0 Å². The largest absolute Gasteiger partial charge is 0.336 e. The van der Waals surface area contributed by atoms with E-state index in [0.717, 1.165) is 29.7 Å². The first kappa shape index (κ1) is 24.5. The van der Waals surface area contributed by atoms with Crippen LogP contribution < -0.4 is 10.9 Å². The third kappa shape index (κ3) is 6.01. The Labute approximate surface area is 198 Å². The van der Waals surface area contributed by atoms with Crippen molar-refractivity contribution in [1.29, 1.82) is 0 Å². The van der Waals surface area contributed by atoms with E-state index in [1.165, 1.54) is 16.7 Å². The summed E-state index contributed by atoms with van der Waals surface area (Å²) in [6.45, 7) is 6.43. The van der Waals surface area contributed by atoms with Crippen LogP contribution in [-0.2, 0) is 16.1 Å². The number of benzene rings is 2. The second kappa shape index (κ2) is 11.1. The Morgan fingerprint density at radius 2 is 1.79 bits per heavy atom. The number of nitrogens with one attached hydrogen (secondary N) is 1. The van der Waals surface area contributed by atoms with Crippen molar-refractivity contribution >= 4 is 40.2 Å². The lowest BCUT2D eigenvalue weighted by atomic mass is 10.1. The number of para-hydroxylation sites is 2. The van der Waals surface area contributed by atoms with Crippen molar-refractivity contribution in [3.05, 3.63) is 63.9 Å². The Hall–Kier alpha value is -3.13. The van der Waals surface area contributed by atoms with Crippen LogP contribution >= 0.6 is 11.8 Å². The maximum atomic E-state index is 13.0. The number of carbonyl (C=O) groups is 2. The fourth-order valence-corrected chi connectivity index (χ4v) is 4.47. The number of nitrogens with zero attached hydrogens (tertiary/aromatic N) is 3.